The van der Waals surface area contributed by atoms with Crippen molar-refractivity contribution in [2.24, 2.45) is 17.8 Å². The summed E-state index contributed by atoms with van der Waals surface area (Å²) in [5.74, 6) is -3.71. The van der Waals surface area contributed by atoms with Gasteiger partial charge in [-0.15, -0.1) is 0 Å². The molecule has 1 aliphatic heterocycles. The second-order valence-electron chi connectivity index (χ2n) is 11.0. The van der Waals surface area contributed by atoms with E-state index in [1.54, 1.807) is 26.8 Å². The SMILES string of the molecule is CC(C)C(=O)OC1C(C)OC(=O)C(CCCCCCCNC(=O)c2ccc[nH]c2=O)COC(=O)C1Cc1ccccc1. The molecule has 1 aromatic carbocycles. The van der Waals surface area contributed by atoms with Crippen molar-refractivity contribution < 1.29 is 33.4 Å². The fraction of sp³-hybridized carbons (Fsp3) is 0.531. The Hall–Kier alpha value is -3.95. The van der Waals surface area contributed by atoms with E-state index in [0.717, 1.165) is 37.7 Å². The summed E-state index contributed by atoms with van der Waals surface area (Å²) in [5, 5.41) is 2.76. The number of carbonyl (C=O) groups excluding carboxylic acids is 4. The van der Waals surface area contributed by atoms with Gasteiger partial charge in [0.15, 0.2) is 6.10 Å². The zero-order chi connectivity index (χ0) is 30.5. The van der Waals surface area contributed by atoms with Crippen LogP contribution in [0.4, 0.5) is 0 Å². The molecule has 42 heavy (non-hydrogen) atoms. The van der Waals surface area contributed by atoms with Crippen LogP contribution in [0.2, 0.25) is 0 Å². The van der Waals surface area contributed by atoms with Crippen LogP contribution in [0.25, 0.3) is 0 Å². The summed E-state index contributed by atoms with van der Waals surface area (Å²) in [6.07, 6.45) is 4.56. The number of ether oxygens (including phenoxy) is 3. The first-order valence-electron chi connectivity index (χ1n) is 14.7. The minimum absolute atomic E-state index is 0.0881. The van der Waals surface area contributed by atoms with Crippen LogP contribution in [-0.2, 0) is 35.0 Å². The van der Waals surface area contributed by atoms with E-state index in [9.17, 15) is 24.0 Å². The number of benzene rings is 1. The number of pyridine rings is 1. The quantitative estimate of drug-likeness (QED) is 0.205. The Bertz CT molecular complexity index is 1240. The third-order valence-corrected chi connectivity index (χ3v) is 7.32. The van der Waals surface area contributed by atoms with Crippen LogP contribution < -0.4 is 10.9 Å². The molecular formula is C32H42N2O8. The molecular weight excluding hydrogens is 540 g/mol. The Morgan fingerprint density at radius 2 is 1.69 bits per heavy atom. The fourth-order valence-corrected chi connectivity index (χ4v) is 4.83. The molecule has 10 heteroatoms. The maximum Gasteiger partial charge on any atom is 0.313 e. The van der Waals surface area contributed by atoms with Gasteiger partial charge in [-0.1, -0.05) is 69.9 Å². The van der Waals surface area contributed by atoms with Gasteiger partial charge in [-0.3, -0.25) is 24.0 Å². The normalized spacial score (nSPS) is 21.0. The molecule has 3 rings (SSSR count). The summed E-state index contributed by atoms with van der Waals surface area (Å²) in [6.45, 7) is 5.43. The Kier molecular flexibility index (Phi) is 12.8. The smallest absolute Gasteiger partial charge is 0.313 e. The van der Waals surface area contributed by atoms with E-state index < -0.39 is 59.3 Å². The van der Waals surface area contributed by atoms with Crippen LogP contribution in [0.3, 0.4) is 0 Å². The monoisotopic (exact) mass is 582 g/mol. The van der Waals surface area contributed by atoms with Crippen LogP contribution in [0.1, 0.15) is 75.2 Å². The van der Waals surface area contributed by atoms with E-state index in [1.807, 2.05) is 30.3 Å². The summed E-state index contributed by atoms with van der Waals surface area (Å²) in [5.41, 5.74) is 0.551. The summed E-state index contributed by atoms with van der Waals surface area (Å²) in [7, 11) is 0. The van der Waals surface area contributed by atoms with E-state index in [4.69, 9.17) is 14.2 Å². The Balaban J connectivity index is 1.50. The maximum atomic E-state index is 13.3. The highest BCUT2D eigenvalue weighted by molar-refractivity contribution is 5.93. The highest BCUT2D eigenvalue weighted by atomic mass is 16.6. The van der Waals surface area contributed by atoms with Crippen molar-refractivity contribution >= 4 is 23.8 Å². The van der Waals surface area contributed by atoms with Crippen molar-refractivity contribution in [3.05, 3.63) is 70.1 Å². The van der Waals surface area contributed by atoms with Gasteiger partial charge in [0, 0.05) is 12.7 Å². The Morgan fingerprint density at radius 3 is 2.40 bits per heavy atom. The van der Waals surface area contributed by atoms with Crippen molar-refractivity contribution in [3.8, 4) is 0 Å². The van der Waals surface area contributed by atoms with Crippen molar-refractivity contribution in [1.82, 2.24) is 10.3 Å². The fourth-order valence-electron chi connectivity index (χ4n) is 4.83. The number of unbranched alkanes of at least 4 members (excludes halogenated alkanes) is 4. The van der Waals surface area contributed by atoms with Crippen LogP contribution in [0.5, 0.6) is 0 Å². The van der Waals surface area contributed by atoms with Crippen LogP contribution >= 0.6 is 0 Å². The lowest BCUT2D eigenvalue weighted by Gasteiger charge is -2.29. The van der Waals surface area contributed by atoms with Gasteiger partial charge >= 0.3 is 17.9 Å². The topological polar surface area (TPSA) is 141 Å². The predicted octanol–water partition coefficient (Wildman–Crippen LogP) is 3.98. The number of nitrogens with one attached hydrogen (secondary N) is 2. The lowest BCUT2D eigenvalue weighted by molar-refractivity contribution is -0.177. The number of cyclic esters (lactones) is 2. The van der Waals surface area contributed by atoms with E-state index in [1.165, 1.54) is 12.3 Å². The summed E-state index contributed by atoms with van der Waals surface area (Å²) >= 11 is 0. The number of aromatic nitrogens is 1. The number of hydrogen-bond acceptors (Lipinski definition) is 8. The first-order valence-corrected chi connectivity index (χ1v) is 14.7. The molecule has 2 N–H and O–H groups in total. The van der Waals surface area contributed by atoms with Gasteiger partial charge in [-0.05, 0) is 43.9 Å². The average molecular weight is 583 g/mol. The molecule has 0 saturated carbocycles. The Morgan fingerprint density at radius 1 is 0.976 bits per heavy atom. The van der Waals surface area contributed by atoms with Gasteiger partial charge < -0.3 is 24.5 Å². The van der Waals surface area contributed by atoms with Gasteiger partial charge in [0.05, 0.1) is 11.8 Å². The van der Waals surface area contributed by atoms with E-state index >= 15 is 0 Å². The lowest BCUT2D eigenvalue weighted by atomic mass is 9.91. The van der Waals surface area contributed by atoms with Gasteiger partial charge in [-0.25, -0.2) is 0 Å². The highest BCUT2D eigenvalue weighted by Gasteiger charge is 2.41. The van der Waals surface area contributed by atoms with Crippen LogP contribution in [0, 0.1) is 17.8 Å². The number of esters is 3. The van der Waals surface area contributed by atoms with Crippen molar-refractivity contribution in [2.75, 3.05) is 13.2 Å². The minimum Gasteiger partial charge on any atom is -0.464 e. The highest BCUT2D eigenvalue weighted by Crippen LogP contribution is 2.26. The third-order valence-electron chi connectivity index (χ3n) is 7.32. The number of aromatic amines is 1. The molecule has 0 radical (unpaired) electrons. The van der Waals surface area contributed by atoms with Gasteiger partial charge in [0.25, 0.3) is 11.5 Å². The van der Waals surface area contributed by atoms with E-state index in [-0.39, 0.29) is 18.6 Å². The standard InChI is InChI=1S/C32H42N2O8/c1-21(2)30(37)42-27-22(3)41-31(38)24(20-40-32(39)26(27)19-23-13-8-7-9-14-23)15-10-5-4-6-11-17-33-28(35)25-16-12-18-34-29(25)36/h7-9,12-14,16,18,21-22,24,26-27H,4-6,10-11,15,17,19-20H2,1-3H3,(H,33,35)(H,34,36). The average Bonchev–Trinajstić information content (AvgIpc) is 3.00. The van der Waals surface area contributed by atoms with E-state index in [0.29, 0.717) is 13.0 Å². The molecule has 1 fully saturated rings. The molecule has 0 spiro atoms. The summed E-state index contributed by atoms with van der Waals surface area (Å²) in [6, 6.07) is 12.5. The molecule has 1 aliphatic rings. The number of carbonyl (C=O) groups is 4. The molecule has 1 saturated heterocycles. The minimum atomic E-state index is -0.976. The molecule has 10 nitrogen and oxygen atoms in total. The summed E-state index contributed by atoms with van der Waals surface area (Å²) < 4.78 is 17.1. The van der Waals surface area contributed by atoms with E-state index in [2.05, 4.69) is 10.3 Å². The second-order valence-corrected chi connectivity index (χ2v) is 11.0. The number of hydrogen-bond donors (Lipinski definition) is 2. The predicted molar refractivity (Wildman–Crippen MR) is 155 cm³/mol. The maximum absolute atomic E-state index is 13.3. The molecule has 0 bridgehead atoms. The largest absolute Gasteiger partial charge is 0.464 e. The third kappa shape index (κ3) is 9.85. The molecule has 1 amide bonds. The van der Waals surface area contributed by atoms with Crippen molar-refractivity contribution in [2.45, 2.75) is 77.9 Å². The van der Waals surface area contributed by atoms with Crippen LogP contribution in [0.15, 0.2) is 53.5 Å². The van der Waals surface area contributed by atoms with Crippen LogP contribution in [-0.4, -0.2) is 54.2 Å². The van der Waals surface area contributed by atoms with Gasteiger partial charge in [0.2, 0.25) is 0 Å². The Labute approximate surface area is 246 Å². The number of rotatable bonds is 13. The van der Waals surface area contributed by atoms with Gasteiger partial charge in [0.1, 0.15) is 24.2 Å². The molecule has 2 heterocycles. The lowest BCUT2D eigenvalue weighted by Crippen LogP contribution is -2.43. The zero-order valence-corrected chi connectivity index (χ0v) is 24.6. The molecule has 1 aromatic heterocycles. The molecule has 228 valence electrons. The molecule has 2 aromatic rings. The van der Waals surface area contributed by atoms with Crippen molar-refractivity contribution in [3.63, 3.8) is 0 Å². The molecule has 4 atom stereocenters. The van der Waals surface area contributed by atoms with Crippen molar-refractivity contribution in [1.29, 1.82) is 0 Å². The molecule has 0 aliphatic carbocycles. The first kappa shape index (κ1) is 32.6. The zero-order valence-electron chi connectivity index (χ0n) is 24.6. The second kappa shape index (κ2) is 16.5. The molecule has 4 unspecified atom stereocenters. The first-order chi connectivity index (χ1) is 20.2. The summed E-state index contributed by atoms with van der Waals surface area (Å²) in [4.78, 5) is 65.2. The van der Waals surface area contributed by atoms with Gasteiger partial charge in [-0.2, -0.15) is 0 Å². The number of H-pyrrole nitrogens is 1. The number of amides is 1.